The van der Waals surface area contributed by atoms with E-state index in [1.165, 1.54) is 0 Å². The lowest BCUT2D eigenvalue weighted by Gasteiger charge is -2.17. The summed E-state index contributed by atoms with van der Waals surface area (Å²) >= 11 is 6.11. The average molecular weight is 242 g/mol. The molecule has 88 valence electrons. The van der Waals surface area contributed by atoms with Crippen molar-refractivity contribution in [2.45, 2.75) is 18.3 Å². The van der Waals surface area contributed by atoms with E-state index in [2.05, 4.69) is 0 Å². The monoisotopic (exact) mass is 241 g/mol. The van der Waals surface area contributed by atoms with Gasteiger partial charge in [-0.25, -0.2) is 0 Å². The summed E-state index contributed by atoms with van der Waals surface area (Å²) in [6.45, 7) is 0.654. The highest BCUT2D eigenvalue weighted by atomic mass is 35.5. The van der Waals surface area contributed by atoms with Gasteiger partial charge in [-0.1, -0.05) is 11.6 Å². The fourth-order valence-corrected chi connectivity index (χ4v) is 2.20. The van der Waals surface area contributed by atoms with Crippen molar-refractivity contribution in [2.24, 2.45) is 5.73 Å². The maximum Gasteiger partial charge on any atom is 0.141 e. The van der Waals surface area contributed by atoms with Crippen LogP contribution in [0.5, 0.6) is 11.5 Å². The summed E-state index contributed by atoms with van der Waals surface area (Å²) in [5.74, 6) is 1.30. The SMILES string of the molecule is COc1cc(C2(CN)CC2)cc(OC)c1Cl. The Labute approximate surface area is 100 Å². The summed E-state index contributed by atoms with van der Waals surface area (Å²) in [6.07, 6.45) is 2.24. The Balaban J connectivity index is 2.47. The van der Waals surface area contributed by atoms with Gasteiger partial charge in [0, 0.05) is 12.0 Å². The first-order valence-corrected chi connectivity index (χ1v) is 5.67. The maximum absolute atomic E-state index is 6.11. The zero-order valence-electron chi connectivity index (χ0n) is 9.55. The Morgan fingerprint density at radius 2 is 1.75 bits per heavy atom. The van der Waals surface area contributed by atoms with E-state index in [0.29, 0.717) is 23.1 Å². The molecule has 2 N–H and O–H groups in total. The Morgan fingerprint density at radius 1 is 1.25 bits per heavy atom. The number of hydrogen-bond acceptors (Lipinski definition) is 3. The Hall–Kier alpha value is -0.930. The highest BCUT2D eigenvalue weighted by Gasteiger charge is 2.43. The van der Waals surface area contributed by atoms with E-state index in [4.69, 9.17) is 26.8 Å². The molecule has 3 nitrogen and oxygen atoms in total. The smallest absolute Gasteiger partial charge is 0.141 e. The minimum absolute atomic E-state index is 0.116. The van der Waals surface area contributed by atoms with E-state index in [1.807, 2.05) is 12.1 Å². The first kappa shape index (κ1) is 11.6. The summed E-state index contributed by atoms with van der Waals surface area (Å²) in [4.78, 5) is 0. The second-order valence-corrected chi connectivity index (χ2v) is 4.56. The number of hydrogen-bond donors (Lipinski definition) is 1. The van der Waals surface area contributed by atoms with E-state index < -0.39 is 0 Å². The molecule has 1 aliphatic carbocycles. The number of rotatable bonds is 4. The van der Waals surface area contributed by atoms with Gasteiger partial charge >= 0.3 is 0 Å². The van der Waals surface area contributed by atoms with Crippen LogP contribution in [0.2, 0.25) is 5.02 Å². The fraction of sp³-hybridized carbons (Fsp3) is 0.500. The van der Waals surface area contributed by atoms with Crippen molar-refractivity contribution in [3.05, 3.63) is 22.7 Å². The Bertz CT molecular complexity index is 377. The summed E-state index contributed by atoms with van der Waals surface area (Å²) in [5, 5.41) is 0.515. The van der Waals surface area contributed by atoms with Crippen LogP contribution in [0, 0.1) is 0 Å². The molecule has 0 heterocycles. The lowest BCUT2D eigenvalue weighted by atomic mass is 9.95. The van der Waals surface area contributed by atoms with Crippen LogP contribution in [0.15, 0.2) is 12.1 Å². The molecule has 4 heteroatoms. The third-order valence-electron chi connectivity index (χ3n) is 3.30. The van der Waals surface area contributed by atoms with Crippen LogP contribution in [-0.4, -0.2) is 20.8 Å². The molecule has 0 aliphatic heterocycles. The van der Waals surface area contributed by atoms with E-state index in [-0.39, 0.29) is 5.41 Å². The first-order chi connectivity index (χ1) is 7.66. The highest BCUT2D eigenvalue weighted by molar-refractivity contribution is 6.33. The van der Waals surface area contributed by atoms with Gasteiger partial charge in [-0.3, -0.25) is 0 Å². The van der Waals surface area contributed by atoms with Gasteiger partial charge in [-0.15, -0.1) is 0 Å². The molecule has 0 saturated heterocycles. The summed E-state index contributed by atoms with van der Waals surface area (Å²) < 4.78 is 10.5. The van der Waals surface area contributed by atoms with Crippen molar-refractivity contribution in [3.8, 4) is 11.5 Å². The van der Waals surface area contributed by atoms with E-state index in [1.54, 1.807) is 14.2 Å². The quantitative estimate of drug-likeness (QED) is 0.880. The molecule has 0 radical (unpaired) electrons. The van der Waals surface area contributed by atoms with Gasteiger partial charge < -0.3 is 15.2 Å². The highest BCUT2D eigenvalue weighted by Crippen LogP contribution is 2.50. The van der Waals surface area contributed by atoms with Gasteiger partial charge in [0.15, 0.2) is 0 Å². The predicted molar refractivity (Wildman–Crippen MR) is 64.5 cm³/mol. The van der Waals surface area contributed by atoms with Crippen molar-refractivity contribution >= 4 is 11.6 Å². The number of nitrogens with two attached hydrogens (primary N) is 1. The minimum atomic E-state index is 0.116. The summed E-state index contributed by atoms with van der Waals surface area (Å²) in [7, 11) is 3.21. The maximum atomic E-state index is 6.11. The molecule has 16 heavy (non-hydrogen) atoms. The second-order valence-electron chi connectivity index (χ2n) is 4.18. The average Bonchev–Trinajstić information content (AvgIpc) is 3.10. The molecule has 0 unspecified atom stereocenters. The zero-order chi connectivity index (χ0) is 11.8. The molecular weight excluding hydrogens is 226 g/mol. The van der Waals surface area contributed by atoms with E-state index in [0.717, 1.165) is 18.4 Å². The molecule has 1 aromatic carbocycles. The standard InChI is InChI=1S/C12H16ClNO2/c1-15-9-5-8(12(7-14)3-4-12)6-10(16-2)11(9)13/h5-6H,3-4,7,14H2,1-2H3. The molecule has 0 spiro atoms. The molecule has 1 saturated carbocycles. The topological polar surface area (TPSA) is 44.5 Å². The third kappa shape index (κ3) is 1.74. The molecule has 1 fully saturated rings. The van der Waals surface area contributed by atoms with Crippen LogP contribution in [0.1, 0.15) is 18.4 Å². The molecule has 1 aliphatic rings. The number of ether oxygens (including phenoxy) is 2. The lowest BCUT2D eigenvalue weighted by molar-refractivity contribution is 0.393. The normalized spacial score (nSPS) is 17.0. The van der Waals surface area contributed by atoms with Gasteiger partial charge in [0.2, 0.25) is 0 Å². The molecule has 0 amide bonds. The summed E-state index contributed by atoms with van der Waals surface area (Å²) in [6, 6.07) is 3.93. The molecule has 0 atom stereocenters. The molecule has 0 bridgehead atoms. The van der Waals surface area contributed by atoms with Crippen molar-refractivity contribution in [1.82, 2.24) is 0 Å². The fourth-order valence-electron chi connectivity index (χ4n) is 1.94. The van der Waals surface area contributed by atoms with E-state index in [9.17, 15) is 0 Å². The Kier molecular flexibility index (Phi) is 3.00. The van der Waals surface area contributed by atoms with Gasteiger partial charge in [-0.05, 0) is 30.5 Å². The van der Waals surface area contributed by atoms with Crippen molar-refractivity contribution < 1.29 is 9.47 Å². The van der Waals surface area contributed by atoms with Crippen molar-refractivity contribution in [2.75, 3.05) is 20.8 Å². The molecule has 0 aromatic heterocycles. The molecule has 1 aromatic rings. The molecular formula is C12H16ClNO2. The van der Waals surface area contributed by atoms with E-state index >= 15 is 0 Å². The minimum Gasteiger partial charge on any atom is -0.495 e. The van der Waals surface area contributed by atoms with Crippen LogP contribution >= 0.6 is 11.6 Å². The second kappa shape index (κ2) is 4.15. The summed E-state index contributed by atoms with van der Waals surface area (Å²) in [5.41, 5.74) is 7.08. The zero-order valence-corrected chi connectivity index (χ0v) is 10.3. The largest absolute Gasteiger partial charge is 0.495 e. The van der Waals surface area contributed by atoms with Crippen LogP contribution < -0.4 is 15.2 Å². The molecule has 2 rings (SSSR count). The van der Waals surface area contributed by atoms with Crippen LogP contribution in [0.25, 0.3) is 0 Å². The van der Waals surface area contributed by atoms with Crippen LogP contribution in [-0.2, 0) is 5.41 Å². The van der Waals surface area contributed by atoms with Gasteiger partial charge in [0.25, 0.3) is 0 Å². The first-order valence-electron chi connectivity index (χ1n) is 5.29. The van der Waals surface area contributed by atoms with Gasteiger partial charge in [0.1, 0.15) is 16.5 Å². The van der Waals surface area contributed by atoms with Crippen LogP contribution in [0.3, 0.4) is 0 Å². The Morgan fingerprint density at radius 3 is 2.06 bits per heavy atom. The lowest BCUT2D eigenvalue weighted by Crippen LogP contribution is -2.19. The third-order valence-corrected chi connectivity index (χ3v) is 3.67. The van der Waals surface area contributed by atoms with Crippen molar-refractivity contribution in [1.29, 1.82) is 0 Å². The van der Waals surface area contributed by atoms with Crippen molar-refractivity contribution in [3.63, 3.8) is 0 Å². The predicted octanol–water partition coefficient (Wildman–Crippen LogP) is 2.35. The number of halogens is 1. The van der Waals surface area contributed by atoms with Gasteiger partial charge in [-0.2, -0.15) is 0 Å². The number of benzene rings is 1. The van der Waals surface area contributed by atoms with Gasteiger partial charge in [0.05, 0.1) is 14.2 Å². The number of methoxy groups -OCH3 is 2. The van der Waals surface area contributed by atoms with Crippen LogP contribution in [0.4, 0.5) is 0 Å².